The zero-order valence-electron chi connectivity index (χ0n) is 14.6. The number of benzene rings is 2. The summed E-state index contributed by atoms with van der Waals surface area (Å²) in [5.41, 5.74) is 3.05. The second-order valence-electron chi connectivity index (χ2n) is 6.52. The lowest BCUT2D eigenvalue weighted by Gasteiger charge is -2.35. The van der Waals surface area contributed by atoms with Crippen molar-refractivity contribution in [2.45, 2.75) is 19.8 Å². The van der Waals surface area contributed by atoms with Gasteiger partial charge in [0.15, 0.2) is 0 Å². The lowest BCUT2D eigenvalue weighted by molar-refractivity contribution is -0.132. The Morgan fingerprint density at radius 1 is 0.840 bits per heavy atom. The molecule has 1 aliphatic rings. The molecule has 0 saturated carbocycles. The Morgan fingerprint density at radius 2 is 1.44 bits per heavy atom. The first-order valence-corrected chi connectivity index (χ1v) is 8.81. The first-order valence-electron chi connectivity index (χ1n) is 8.81. The molecule has 4 heteroatoms. The largest absolute Gasteiger partial charge is 0.339 e. The van der Waals surface area contributed by atoms with Crippen molar-refractivity contribution in [1.82, 2.24) is 9.80 Å². The first kappa shape index (κ1) is 17.2. The summed E-state index contributed by atoms with van der Waals surface area (Å²) in [6.07, 6.45) is 1.29. The number of carbonyl (C=O) groups excluding carboxylic acids is 2. The van der Waals surface area contributed by atoms with E-state index in [2.05, 4.69) is 0 Å². The number of piperazine rings is 1. The normalized spacial score (nSPS) is 14.4. The van der Waals surface area contributed by atoms with Crippen LogP contribution in [0.4, 0.5) is 0 Å². The molecule has 0 radical (unpaired) electrons. The Balaban J connectivity index is 1.48. The number of nitrogens with zero attached hydrogens (tertiary/aromatic N) is 2. The van der Waals surface area contributed by atoms with Crippen LogP contribution in [0.3, 0.4) is 0 Å². The molecule has 0 unspecified atom stereocenters. The van der Waals surface area contributed by atoms with Gasteiger partial charge in [-0.05, 0) is 31.0 Å². The Bertz CT molecular complexity index is 717. The van der Waals surface area contributed by atoms with Crippen LogP contribution in [-0.2, 0) is 11.2 Å². The number of aryl methyl sites for hydroxylation is 2. The Hall–Kier alpha value is -2.62. The topological polar surface area (TPSA) is 40.6 Å². The second-order valence-corrected chi connectivity index (χ2v) is 6.52. The molecule has 3 rings (SSSR count). The predicted octanol–water partition coefficient (Wildman–Crippen LogP) is 2.91. The van der Waals surface area contributed by atoms with E-state index in [9.17, 15) is 9.59 Å². The van der Waals surface area contributed by atoms with Gasteiger partial charge in [0, 0.05) is 38.2 Å². The smallest absolute Gasteiger partial charge is 0.253 e. The van der Waals surface area contributed by atoms with Crippen LogP contribution in [0.2, 0.25) is 0 Å². The van der Waals surface area contributed by atoms with E-state index >= 15 is 0 Å². The van der Waals surface area contributed by atoms with Gasteiger partial charge in [0.2, 0.25) is 5.91 Å². The molecule has 25 heavy (non-hydrogen) atoms. The van der Waals surface area contributed by atoms with E-state index < -0.39 is 0 Å². The van der Waals surface area contributed by atoms with Crippen LogP contribution in [-0.4, -0.2) is 47.8 Å². The second kappa shape index (κ2) is 7.97. The summed E-state index contributed by atoms with van der Waals surface area (Å²) in [6.45, 7) is 4.44. The summed E-state index contributed by atoms with van der Waals surface area (Å²) in [6, 6.07) is 17.7. The fourth-order valence-electron chi connectivity index (χ4n) is 3.09. The van der Waals surface area contributed by atoms with Gasteiger partial charge < -0.3 is 9.80 Å². The molecule has 0 atom stereocenters. The van der Waals surface area contributed by atoms with E-state index in [0.29, 0.717) is 32.6 Å². The maximum atomic E-state index is 12.5. The van der Waals surface area contributed by atoms with E-state index in [1.165, 1.54) is 5.56 Å². The standard InChI is InChI=1S/C21H24N2O2/c1-17-7-10-19(11-8-17)21(25)23-15-13-22(14-16-23)20(24)12-9-18-5-3-2-4-6-18/h2-8,10-11H,9,12-16H2,1H3. The molecule has 1 fully saturated rings. The Kier molecular flexibility index (Phi) is 5.49. The van der Waals surface area contributed by atoms with Crippen molar-refractivity contribution in [3.63, 3.8) is 0 Å². The monoisotopic (exact) mass is 336 g/mol. The molecule has 2 aromatic rings. The number of rotatable bonds is 4. The highest BCUT2D eigenvalue weighted by atomic mass is 16.2. The van der Waals surface area contributed by atoms with Gasteiger partial charge in [-0.15, -0.1) is 0 Å². The predicted molar refractivity (Wildman–Crippen MR) is 98.4 cm³/mol. The minimum atomic E-state index is 0.0522. The zero-order valence-corrected chi connectivity index (χ0v) is 14.6. The van der Waals surface area contributed by atoms with Gasteiger partial charge in [-0.1, -0.05) is 48.0 Å². The molecule has 0 aliphatic carbocycles. The highest BCUT2D eigenvalue weighted by Crippen LogP contribution is 2.12. The summed E-state index contributed by atoms with van der Waals surface area (Å²) < 4.78 is 0. The number of hydrogen-bond donors (Lipinski definition) is 0. The minimum absolute atomic E-state index is 0.0522. The van der Waals surface area contributed by atoms with Crippen LogP contribution in [0.25, 0.3) is 0 Å². The highest BCUT2D eigenvalue weighted by molar-refractivity contribution is 5.94. The van der Waals surface area contributed by atoms with Gasteiger partial charge in [0.1, 0.15) is 0 Å². The molecule has 2 aromatic carbocycles. The van der Waals surface area contributed by atoms with E-state index in [1.807, 2.05) is 71.3 Å². The van der Waals surface area contributed by atoms with Crippen LogP contribution >= 0.6 is 0 Å². The van der Waals surface area contributed by atoms with E-state index in [-0.39, 0.29) is 11.8 Å². The third kappa shape index (κ3) is 4.47. The minimum Gasteiger partial charge on any atom is -0.339 e. The van der Waals surface area contributed by atoms with Gasteiger partial charge in [-0.2, -0.15) is 0 Å². The maximum absolute atomic E-state index is 12.5. The summed E-state index contributed by atoms with van der Waals surface area (Å²) in [5.74, 6) is 0.225. The molecule has 1 saturated heterocycles. The Morgan fingerprint density at radius 3 is 2.08 bits per heavy atom. The number of amides is 2. The van der Waals surface area contributed by atoms with Crippen molar-refractivity contribution in [3.05, 3.63) is 71.3 Å². The molecule has 2 amide bonds. The average molecular weight is 336 g/mol. The summed E-state index contributed by atoms with van der Waals surface area (Å²) in [5, 5.41) is 0. The number of carbonyl (C=O) groups is 2. The van der Waals surface area contributed by atoms with Crippen LogP contribution < -0.4 is 0 Å². The summed E-state index contributed by atoms with van der Waals surface area (Å²) >= 11 is 0. The highest BCUT2D eigenvalue weighted by Gasteiger charge is 2.24. The molecule has 4 nitrogen and oxygen atoms in total. The average Bonchev–Trinajstić information content (AvgIpc) is 2.67. The number of hydrogen-bond acceptors (Lipinski definition) is 2. The van der Waals surface area contributed by atoms with Gasteiger partial charge in [-0.3, -0.25) is 9.59 Å². The fraction of sp³-hybridized carbons (Fsp3) is 0.333. The van der Waals surface area contributed by atoms with Crippen molar-refractivity contribution in [2.75, 3.05) is 26.2 Å². The molecule has 1 heterocycles. The van der Waals surface area contributed by atoms with Gasteiger partial charge >= 0.3 is 0 Å². The van der Waals surface area contributed by atoms with Gasteiger partial charge in [-0.25, -0.2) is 0 Å². The fourth-order valence-corrected chi connectivity index (χ4v) is 3.09. The SMILES string of the molecule is Cc1ccc(C(=O)N2CCN(C(=O)CCc3ccccc3)CC2)cc1. The lowest BCUT2D eigenvalue weighted by Crippen LogP contribution is -2.50. The zero-order chi connectivity index (χ0) is 17.6. The third-order valence-electron chi connectivity index (χ3n) is 4.69. The van der Waals surface area contributed by atoms with Gasteiger partial charge in [0.05, 0.1) is 0 Å². The quantitative estimate of drug-likeness (QED) is 0.861. The third-order valence-corrected chi connectivity index (χ3v) is 4.69. The molecule has 0 aromatic heterocycles. The van der Waals surface area contributed by atoms with E-state index in [1.54, 1.807) is 0 Å². The first-order chi connectivity index (χ1) is 12.1. The molecule has 0 N–H and O–H groups in total. The molecular formula is C21H24N2O2. The summed E-state index contributed by atoms with van der Waals surface area (Å²) in [4.78, 5) is 28.6. The molecule has 130 valence electrons. The molecule has 0 spiro atoms. The molecule has 0 bridgehead atoms. The van der Waals surface area contributed by atoms with Crippen LogP contribution in [0, 0.1) is 6.92 Å². The van der Waals surface area contributed by atoms with Crippen molar-refractivity contribution in [1.29, 1.82) is 0 Å². The van der Waals surface area contributed by atoms with Crippen molar-refractivity contribution >= 4 is 11.8 Å². The van der Waals surface area contributed by atoms with Crippen molar-refractivity contribution < 1.29 is 9.59 Å². The molecular weight excluding hydrogens is 312 g/mol. The van der Waals surface area contributed by atoms with Crippen molar-refractivity contribution in [3.8, 4) is 0 Å². The Labute approximate surface area is 149 Å². The summed E-state index contributed by atoms with van der Waals surface area (Å²) in [7, 11) is 0. The van der Waals surface area contributed by atoms with Crippen LogP contribution in [0.5, 0.6) is 0 Å². The maximum Gasteiger partial charge on any atom is 0.253 e. The van der Waals surface area contributed by atoms with E-state index in [4.69, 9.17) is 0 Å². The van der Waals surface area contributed by atoms with Crippen molar-refractivity contribution in [2.24, 2.45) is 0 Å². The van der Waals surface area contributed by atoms with Gasteiger partial charge in [0.25, 0.3) is 5.91 Å². The van der Waals surface area contributed by atoms with Crippen LogP contribution in [0.15, 0.2) is 54.6 Å². The molecule has 1 aliphatic heterocycles. The van der Waals surface area contributed by atoms with Crippen LogP contribution in [0.1, 0.15) is 27.9 Å². The lowest BCUT2D eigenvalue weighted by atomic mass is 10.1. The van der Waals surface area contributed by atoms with E-state index in [0.717, 1.165) is 17.5 Å².